The zero-order valence-corrected chi connectivity index (χ0v) is 14.1. The van der Waals surface area contributed by atoms with Crippen molar-refractivity contribution in [2.45, 2.75) is 6.42 Å². The molecule has 2 amide bonds. The molecule has 8 heteroatoms. The number of halogens is 3. The van der Waals surface area contributed by atoms with E-state index in [-0.39, 0.29) is 28.3 Å². The van der Waals surface area contributed by atoms with Crippen LogP contribution in [0, 0.1) is 5.92 Å². The summed E-state index contributed by atoms with van der Waals surface area (Å²) in [5, 5.41) is 3.57. The fourth-order valence-corrected chi connectivity index (χ4v) is 3.16. The molecule has 1 fully saturated rings. The van der Waals surface area contributed by atoms with Gasteiger partial charge in [0.2, 0.25) is 11.8 Å². The van der Waals surface area contributed by atoms with Gasteiger partial charge >= 0.3 is 0 Å². The maximum Gasteiger partial charge on any atom is 0.229 e. The molecule has 120 valence electrons. The molecule has 22 heavy (non-hydrogen) atoms. The summed E-state index contributed by atoms with van der Waals surface area (Å²) in [6, 6.07) is 2.99. The average Bonchev–Trinajstić information content (AvgIpc) is 2.81. The van der Waals surface area contributed by atoms with Gasteiger partial charge in [-0.2, -0.15) is 0 Å². The van der Waals surface area contributed by atoms with Crippen LogP contribution in [0.2, 0.25) is 15.1 Å². The predicted molar refractivity (Wildman–Crippen MR) is 86.7 cm³/mol. The lowest BCUT2D eigenvalue weighted by Gasteiger charge is -2.16. The van der Waals surface area contributed by atoms with Crippen molar-refractivity contribution in [2.75, 3.05) is 32.1 Å². The van der Waals surface area contributed by atoms with E-state index >= 15 is 0 Å². The van der Waals surface area contributed by atoms with Crippen LogP contribution in [0.4, 0.5) is 5.69 Å². The van der Waals surface area contributed by atoms with Crippen LogP contribution in [0.3, 0.4) is 0 Å². The first-order valence-corrected chi connectivity index (χ1v) is 7.78. The highest BCUT2D eigenvalue weighted by Crippen LogP contribution is 2.34. The van der Waals surface area contributed by atoms with Gasteiger partial charge in [-0.3, -0.25) is 9.59 Å². The molecule has 2 rings (SSSR count). The third-order valence-electron chi connectivity index (χ3n) is 3.41. The van der Waals surface area contributed by atoms with Gasteiger partial charge in [0.05, 0.1) is 28.3 Å². The topological polar surface area (TPSA) is 58.6 Å². The van der Waals surface area contributed by atoms with Crippen molar-refractivity contribution in [3.05, 3.63) is 27.2 Å². The van der Waals surface area contributed by atoms with Crippen molar-refractivity contribution < 1.29 is 14.3 Å². The number of rotatable bonds is 5. The van der Waals surface area contributed by atoms with Crippen LogP contribution >= 0.6 is 34.8 Å². The summed E-state index contributed by atoms with van der Waals surface area (Å²) in [5.74, 6) is -0.794. The van der Waals surface area contributed by atoms with Crippen molar-refractivity contribution in [1.82, 2.24) is 4.90 Å². The van der Waals surface area contributed by atoms with Crippen molar-refractivity contribution >= 4 is 52.3 Å². The van der Waals surface area contributed by atoms with Crippen LogP contribution in [0.25, 0.3) is 0 Å². The van der Waals surface area contributed by atoms with Gasteiger partial charge < -0.3 is 15.0 Å². The van der Waals surface area contributed by atoms with Crippen LogP contribution in [0.5, 0.6) is 0 Å². The van der Waals surface area contributed by atoms with Crippen LogP contribution in [0.15, 0.2) is 12.1 Å². The Morgan fingerprint density at radius 3 is 2.59 bits per heavy atom. The van der Waals surface area contributed by atoms with E-state index in [0.717, 1.165) is 0 Å². The summed E-state index contributed by atoms with van der Waals surface area (Å²) in [5.41, 5.74) is 0.306. The lowest BCUT2D eigenvalue weighted by Crippen LogP contribution is -2.30. The summed E-state index contributed by atoms with van der Waals surface area (Å²) < 4.78 is 4.94. The Balaban J connectivity index is 2.03. The highest BCUT2D eigenvalue weighted by molar-refractivity contribution is 6.42. The van der Waals surface area contributed by atoms with Crippen molar-refractivity contribution in [3.8, 4) is 0 Å². The number of amides is 2. The fourth-order valence-electron chi connectivity index (χ4n) is 2.25. The molecule has 1 heterocycles. The minimum absolute atomic E-state index is 0.0644. The fraction of sp³-hybridized carbons (Fsp3) is 0.429. The molecule has 1 aromatic carbocycles. The zero-order valence-electron chi connectivity index (χ0n) is 11.9. The van der Waals surface area contributed by atoms with Gasteiger partial charge in [-0.05, 0) is 12.1 Å². The minimum Gasteiger partial charge on any atom is -0.383 e. The number of hydrogen-bond acceptors (Lipinski definition) is 3. The number of nitrogens with one attached hydrogen (secondary N) is 1. The third kappa shape index (κ3) is 4.04. The van der Waals surface area contributed by atoms with E-state index in [2.05, 4.69) is 5.32 Å². The lowest BCUT2D eigenvalue weighted by molar-refractivity contribution is -0.128. The van der Waals surface area contributed by atoms with Gasteiger partial charge in [0.15, 0.2) is 0 Å². The normalized spacial score (nSPS) is 17.9. The molecular formula is C14H15Cl3N2O3. The number of carbonyl (C=O) groups is 2. The molecule has 1 unspecified atom stereocenters. The summed E-state index contributed by atoms with van der Waals surface area (Å²) in [4.78, 5) is 25.8. The monoisotopic (exact) mass is 364 g/mol. The Hall–Kier alpha value is -1.01. The number of hydrogen-bond donors (Lipinski definition) is 1. The molecule has 0 saturated carbocycles. The number of methoxy groups -OCH3 is 1. The molecule has 1 saturated heterocycles. The first-order chi connectivity index (χ1) is 10.4. The van der Waals surface area contributed by atoms with Crippen LogP contribution in [-0.2, 0) is 14.3 Å². The third-order valence-corrected chi connectivity index (χ3v) is 4.22. The van der Waals surface area contributed by atoms with E-state index in [4.69, 9.17) is 39.5 Å². The van der Waals surface area contributed by atoms with Crippen LogP contribution < -0.4 is 5.32 Å². The molecule has 1 aliphatic heterocycles. The molecule has 0 spiro atoms. The first-order valence-electron chi connectivity index (χ1n) is 6.64. The summed E-state index contributed by atoms with van der Waals surface area (Å²) in [6.07, 6.45) is 0.165. The molecule has 0 aliphatic carbocycles. The Labute approximate surface area is 143 Å². The molecule has 5 nitrogen and oxygen atoms in total. The Kier molecular flexibility index (Phi) is 5.92. The number of benzene rings is 1. The molecule has 0 aromatic heterocycles. The van der Waals surface area contributed by atoms with Gasteiger partial charge in [-0.25, -0.2) is 0 Å². The first kappa shape index (κ1) is 17.3. The quantitative estimate of drug-likeness (QED) is 0.872. The second kappa shape index (κ2) is 7.51. The Bertz CT molecular complexity index is 572. The summed E-state index contributed by atoms with van der Waals surface area (Å²) in [6.45, 7) is 1.27. The minimum atomic E-state index is -0.438. The lowest BCUT2D eigenvalue weighted by atomic mass is 10.1. The van der Waals surface area contributed by atoms with E-state index in [1.165, 1.54) is 12.1 Å². The number of likely N-dealkylation sites (tertiary alicyclic amines) is 1. The Morgan fingerprint density at radius 1 is 1.36 bits per heavy atom. The van der Waals surface area contributed by atoms with E-state index in [1.807, 2.05) is 0 Å². The molecular weight excluding hydrogens is 351 g/mol. The molecule has 1 N–H and O–H groups in total. The molecule has 0 bridgehead atoms. The molecule has 1 atom stereocenters. The van der Waals surface area contributed by atoms with Crippen LogP contribution in [0.1, 0.15) is 6.42 Å². The molecule has 1 aliphatic rings. The van der Waals surface area contributed by atoms with Crippen molar-refractivity contribution in [1.29, 1.82) is 0 Å². The van der Waals surface area contributed by atoms with E-state index in [0.29, 0.717) is 30.4 Å². The summed E-state index contributed by atoms with van der Waals surface area (Å²) >= 11 is 17.9. The van der Waals surface area contributed by atoms with Gasteiger partial charge in [0, 0.05) is 31.6 Å². The van der Waals surface area contributed by atoms with Crippen molar-refractivity contribution in [2.24, 2.45) is 5.92 Å². The van der Waals surface area contributed by atoms with Crippen molar-refractivity contribution in [3.63, 3.8) is 0 Å². The number of carbonyl (C=O) groups excluding carboxylic acids is 2. The van der Waals surface area contributed by atoms with Crippen LogP contribution in [-0.4, -0.2) is 43.5 Å². The van der Waals surface area contributed by atoms with E-state index in [9.17, 15) is 9.59 Å². The van der Waals surface area contributed by atoms with Gasteiger partial charge in [0.25, 0.3) is 0 Å². The molecule has 1 aromatic rings. The second-order valence-electron chi connectivity index (χ2n) is 4.97. The maximum absolute atomic E-state index is 12.3. The largest absolute Gasteiger partial charge is 0.383 e. The highest BCUT2D eigenvalue weighted by Gasteiger charge is 2.34. The maximum atomic E-state index is 12.3. The average molecular weight is 366 g/mol. The van der Waals surface area contributed by atoms with Gasteiger partial charge in [-0.15, -0.1) is 0 Å². The standard InChI is InChI=1S/C14H15Cl3N2O3/c1-22-3-2-19-7-8(4-12(19)20)14(21)18-13-10(16)5-9(15)6-11(13)17/h5-6,8H,2-4,7H2,1H3,(H,18,21). The predicted octanol–water partition coefficient (Wildman–Crippen LogP) is 3.08. The summed E-state index contributed by atoms with van der Waals surface area (Å²) in [7, 11) is 1.56. The van der Waals surface area contributed by atoms with Gasteiger partial charge in [-0.1, -0.05) is 34.8 Å². The van der Waals surface area contributed by atoms with E-state index < -0.39 is 5.92 Å². The SMILES string of the molecule is COCCN1CC(C(=O)Nc2c(Cl)cc(Cl)cc2Cl)CC1=O. The van der Waals surface area contributed by atoms with E-state index in [1.54, 1.807) is 12.0 Å². The smallest absolute Gasteiger partial charge is 0.229 e. The number of ether oxygens (including phenoxy) is 1. The van der Waals surface area contributed by atoms with Gasteiger partial charge in [0.1, 0.15) is 0 Å². The Morgan fingerprint density at radius 2 is 2.00 bits per heavy atom. The molecule has 0 radical (unpaired) electrons. The second-order valence-corrected chi connectivity index (χ2v) is 6.22. The number of anilines is 1. The zero-order chi connectivity index (χ0) is 16.3. The highest BCUT2D eigenvalue weighted by atomic mass is 35.5. The number of nitrogens with zero attached hydrogens (tertiary/aromatic N) is 1.